The van der Waals surface area contributed by atoms with E-state index in [1.807, 2.05) is 0 Å². The van der Waals surface area contributed by atoms with Crippen LogP contribution in [0.4, 0.5) is 28.9 Å². The van der Waals surface area contributed by atoms with Crippen LogP contribution >= 0.6 is 0 Å². The minimum atomic E-state index is -4.80. The van der Waals surface area contributed by atoms with Crippen LogP contribution in [0.15, 0.2) is 66.4 Å². The van der Waals surface area contributed by atoms with Crippen molar-refractivity contribution in [2.75, 3.05) is 10.6 Å². The van der Waals surface area contributed by atoms with E-state index in [0.717, 1.165) is 25.3 Å². The molecule has 212 valence electrons. The van der Waals surface area contributed by atoms with Crippen LogP contribution in [0.1, 0.15) is 55.7 Å². The van der Waals surface area contributed by atoms with Crippen molar-refractivity contribution in [2.24, 2.45) is 11.7 Å². The maximum Gasteiger partial charge on any atom is 0.415 e. The topological polar surface area (TPSA) is 105 Å². The molecule has 4 rings (SSSR count). The van der Waals surface area contributed by atoms with Crippen LogP contribution < -0.4 is 16.4 Å². The number of anilines is 2. The largest absolute Gasteiger partial charge is 0.415 e. The SMILES string of the molecule is C=C(/C=C(\Nc1cccc(CN)c1)C(=O)Nc1cc(C(CCC2CC2)N2C(=O)CCC2=O)ccc1F)C(F)(F)F. The zero-order valence-corrected chi connectivity index (χ0v) is 21.7. The van der Waals surface area contributed by atoms with Crippen LogP contribution in [0, 0.1) is 11.7 Å². The van der Waals surface area contributed by atoms with Gasteiger partial charge in [0, 0.05) is 25.1 Å². The standard InChI is InChI=1S/C29H30F4N4O3/c1-17(29(31,32)33)13-24(35-21-4-2-3-19(14-21)16-34)28(40)36-23-15-20(8-9-22(23)30)25(10-7-18-5-6-18)37-26(38)11-12-27(37)39/h2-4,8-9,13-15,18,25,35H,1,5-7,10-12,16,34H2,(H,36,40)/b24-13-. The lowest BCUT2D eigenvalue weighted by atomic mass is 9.98. The Morgan fingerprint density at radius 1 is 1.10 bits per heavy atom. The van der Waals surface area contributed by atoms with Gasteiger partial charge < -0.3 is 16.4 Å². The molecule has 1 heterocycles. The second-order valence-electron chi connectivity index (χ2n) is 10.00. The number of amides is 3. The summed E-state index contributed by atoms with van der Waals surface area (Å²) in [4.78, 5) is 39.4. The first-order valence-corrected chi connectivity index (χ1v) is 13.0. The molecule has 1 saturated heterocycles. The Bertz CT molecular complexity index is 1340. The fraction of sp³-hybridized carbons (Fsp3) is 0.345. The van der Waals surface area contributed by atoms with Crippen molar-refractivity contribution in [3.63, 3.8) is 0 Å². The Kier molecular flexibility index (Phi) is 8.73. The molecule has 4 N–H and O–H groups in total. The van der Waals surface area contributed by atoms with Gasteiger partial charge >= 0.3 is 6.18 Å². The summed E-state index contributed by atoms with van der Waals surface area (Å²) in [5.74, 6) is -2.02. The molecule has 3 amide bonds. The quantitative estimate of drug-likeness (QED) is 0.142. The van der Waals surface area contributed by atoms with Crippen molar-refractivity contribution in [3.05, 3.63) is 83.3 Å². The number of imide groups is 1. The average molecular weight is 559 g/mol. The molecular weight excluding hydrogens is 528 g/mol. The van der Waals surface area contributed by atoms with Crippen molar-refractivity contribution in [1.29, 1.82) is 0 Å². The van der Waals surface area contributed by atoms with Crippen LogP contribution in [-0.2, 0) is 20.9 Å². The van der Waals surface area contributed by atoms with Gasteiger partial charge in [0.15, 0.2) is 0 Å². The lowest BCUT2D eigenvalue weighted by Gasteiger charge is -2.27. The van der Waals surface area contributed by atoms with Gasteiger partial charge in [-0.05, 0) is 60.2 Å². The molecule has 0 aromatic heterocycles. The highest BCUT2D eigenvalue weighted by molar-refractivity contribution is 6.06. The fourth-order valence-electron chi connectivity index (χ4n) is 4.57. The monoisotopic (exact) mass is 558 g/mol. The van der Waals surface area contributed by atoms with Gasteiger partial charge in [-0.25, -0.2) is 4.39 Å². The van der Waals surface area contributed by atoms with Gasteiger partial charge in [0.05, 0.1) is 17.3 Å². The third-order valence-corrected chi connectivity index (χ3v) is 6.94. The molecule has 1 aliphatic heterocycles. The number of allylic oxidation sites excluding steroid dienone is 2. The number of likely N-dealkylation sites (tertiary alicyclic amines) is 1. The van der Waals surface area contributed by atoms with Gasteiger partial charge in [0.2, 0.25) is 11.8 Å². The molecule has 11 heteroatoms. The number of carbonyl (C=O) groups excluding carboxylic acids is 3. The first-order chi connectivity index (χ1) is 19.0. The van der Waals surface area contributed by atoms with Crippen LogP contribution in [0.25, 0.3) is 0 Å². The molecule has 2 fully saturated rings. The number of benzene rings is 2. The molecule has 1 saturated carbocycles. The molecule has 0 spiro atoms. The molecule has 40 heavy (non-hydrogen) atoms. The highest BCUT2D eigenvalue weighted by atomic mass is 19.4. The Labute approximate surface area is 229 Å². The molecule has 1 aliphatic carbocycles. The Morgan fingerprint density at radius 3 is 2.42 bits per heavy atom. The van der Waals surface area contributed by atoms with Gasteiger partial charge in [-0.3, -0.25) is 19.3 Å². The molecule has 2 aliphatic rings. The Morgan fingerprint density at radius 2 is 1.80 bits per heavy atom. The number of hydrogen-bond donors (Lipinski definition) is 3. The first kappa shape index (κ1) is 29.0. The molecular formula is C29H30F4N4O3. The van der Waals surface area contributed by atoms with E-state index >= 15 is 0 Å². The normalized spacial score (nSPS) is 16.7. The van der Waals surface area contributed by atoms with E-state index in [0.29, 0.717) is 35.2 Å². The average Bonchev–Trinajstić information content (AvgIpc) is 3.68. The van der Waals surface area contributed by atoms with E-state index in [-0.39, 0.29) is 36.9 Å². The number of nitrogens with one attached hydrogen (secondary N) is 2. The zero-order chi connectivity index (χ0) is 29.0. The molecule has 1 unspecified atom stereocenters. The summed E-state index contributed by atoms with van der Waals surface area (Å²) in [7, 11) is 0. The molecule has 7 nitrogen and oxygen atoms in total. The zero-order valence-electron chi connectivity index (χ0n) is 21.7. The fourth-order valence-corrected chi connectivity index (χ4v) is 4.57. The predicted molar refractivity (Wildman–Crippen MR) is 142 cm³/mol. The van der Waals surface area contributed by atoms with E-state index in [1.165, 1.54) is 23.1 Å². The highest BCUT2D eigenvalue weighted by Crippen LogP contribution is 2.39. The summed E-state index contributed by atoms with van der Waals surface area (Å²) in [6.45, 7) is 3.16. The summed E-state index contributed by atoms with van der Waals surface area (Å²) in [6.07, 6.45) is -0.684. The minimum Gasteiger partial charge on any atom is -0.351 e. The van der Waals surface area contributed by atoms with Gasteiger partial charge in [-0.2, -0.15) is 13.2 Å². The number of halogens is 4. The number of alkyl halides is 3. The van der Waals surface area contributed by atoms with Crippen molar-refractivity contribution in [2.45, 2.75) is 57.3 Å². The van der Waals surface area contributed by atoms with Gasteiger partial charge in [0.25, 0.3) is 5.91 Å². The minimum absolute atomic E-state index is 0.0951. The van der Waals surface area contributed by atoms with Gasteiger partial charge in [-0.15, -0.1) is 0 Å². The molecule has 2 aromatic rings. The summed E-state index contributed by atoms with van der Waals surface area (Å²) in [6, 6.07) is 9.63. The second-order valence-corrected chi connectivity index (χ2v) is 10.00. The predicted octanol–water partition coefficient (Wildman–Crippen LogP) is 5.72. The molecule has 0 radical (unpaired) electrons. The lowest BCUT2D eigenvalue weighted by molar-refractivity contribution is -0.141. The molecule has 0 bridgehead atoms. The number of hydrogen-bond acceptors (Lipinski definition) is 5. The highest BCUT2D eigenvalue weighted by Gasteiger charge is 2.37. The number of nitrogens with zero attached hydrogens (tertiary/aromatic N) is 1. The lowest BCUT2D eigenvalue weighted by Crippen LogP contribution is -2.33. The van der Waals surface area contributed by atoms with Crippen LogP contribution in [0.5, 0.6) is 0 Å². The number of rotatable bonds is 11. The van der Waals surface area contributed by atoms with E-state index in [1.54, 1.807) is 18.2 Å². The van der Waals surface area contributed by atoms with Gasteiger partial charge in [0.1, 0.15) is 11.5 Å². The van der Waals surface area contributed by atoms with Gasteiger partial charge in [-0.1, -0.05) is 37.6 Å². The second kappa shape index (κ2) is 12.0. The first-order valence-electron chi connectivity index (χ1n) is 13.0. The van der Waals surface area contributed by atoms with Crippen LogP contribution in [-0.4, -0.2) is 28.8 Å². The van der Waals surface area contributed by atoms with E-state index in [9.17, 15) is 31.9 Å². The smallest absolute Gasteiger partial charge is 0.351 e. The number of nitrogens with two attached hydrogens (primary N) is 1. The summed E-state index contributed by atoms with van der Waals surface area (Å²) < 4.78 is 54.7. The molecule has 1 atom stereocenters. The van der Waals surface area contributed by atoms with Crippen molar-refractivity contribution < 1.29 is 31.9 Å². The maximum absolute atomic E-state index is 14.9. The summed E-state index contributed by atoms with van der Waals surface area (Å²) in [5, 5.41) is 4.98. The Balaban J connectivity index is 1.63. The summed E-state index contributed by atoms with van der Waals surface area (Å²) in [5.41, 5.74) is 4.91. The van der Waals surface area contributed by atoms with Crippen molar-refractivity contribution in [1.82, 2.24) is 4.90 Å². The third-order valence-electron chi connectivity index (χ3n) is 6.94. The van der Waals surface area contributed by atoms with Crippen molar-refractivity contribution in [3.8, 4) is 0 Å². The third kappa shape index (κ3) is 7.15. The van der Waals surface area contributed by atoms with Crippen LogP contribution in [0.2, 0.25) is 0 Å². The van der Waals surface area contributed by atoms with Crippen molar-refractivity contribution >= 4 is 29.1 Å². The summed E-state index contributed by atoms with van der Waals surface area (Å²) >= 11 is 0. The maximum atomic E-state index is 14.9. The Hall–Kier alpha value is -3.99. The van der Waals surface area contributed by atoms with E-state index in [2.05, 4.69) is 17.2 Å². The molecule has 2 aromatic carbocycles. The van der Waals surface area contributed by atoms with E-state index < -0.39 is 35.2 Å². The van der Waals surface area contributed by atoms with Crippen LogP contribution in [0.3, 0.4) is 0 Å². The van der Waals surface area contributed by atoms with E-state index in [4.69, 9.17) is 5.73 Å². The number of carbonyl (C=O) groups is 3.